The topological polar surface area (TPSA) is 95.6 Å². The molecule has 32 heavy (non-hydrogen) atoms. The highest BCUT2D eigenvalue weighted by atomic mass is 16.1. The number of H-pyrrole nitrogens is 1. The van der Waals surface area contributed by atoms with E-state index in [1.54, 1.807) is 19.3 Å². The smallest absolute Gasteiger partial charge is 0.251 e. The Morgan fingerprint density at radius 2 is 1.75 bits per heavy atom. The first kappa shape index (κ1) is 19.4. The summed E-state index contributed by atoms with van der Waals surface area (Å²) in [7, 11) is 1.62. The van der Waals surface area contributed by atoms with Crippen LogP contribution in [0.2, 0.25) is 0 Å². The van der Waals surface area contributed by atoms with Crippen LogP contribution in [0.3, 0.4) is 0 Å². The van der Waals surface area contributed by atoms with Crippen LogP contribution in [0.25, 0.3) is 33.7 Å². The zero-order valence-electron chi connectivity index (χ0n) is 17.3. The van der Waals surface area contributed by atoms with Gasteiger partial charge < -0.3 is 15.6 Å². The number of benzene rings is 3. The molecule has 5 rings (SSSR count). The Balaban J connectivity index is 1.38. The van der Waals surface area contributed by atoms with Crippen molar-refractivity contribution >= 4 is 28.3 Å². The highest BCUT2D eigenvalue weighted by Crippen LogP contribution is 2.26. The lowest BCUT2D eigenvalue weighted by molar-refractivity contribution is 0.0963. The maximum absolute atomic E-state index is 11.9. The molecule has 0 spiro atoms. The third-order valence-electron chi connectivity index (χ3n) is 5.15. The van der Waals surface area contributed by atoms with Gasteiger partial charge in [-0.1, -0.05) is 24.3 Å². The SMILES string of the molecule is CNC(=O)c1ccc2nc(-c3cccc(Nc4ccc(-c5cccnn5)cc4)c3)[nH]c2c1. The molecule has 2 aromatic heterocycles. The molecule has 2 heterocycles. The van der Waals surface area contributed by atoms with E-state index in [1.807, 2.05) is 72.8 Å². The summed E-state index contributed by atoms with van der Waals surface area (Å²) in [5.41, 5.74) is 6.93. The molecule has 0 bridgehead atoms. The van der Waals surface area contributed by atoms with Gasteiger partial charge in [0.15, 0.2) is 0 Å². The Morgan fingerprint density at radius 1 is 0.875 bits per heavy atom. The summed E-state index contributed by atoms with van der Waals surface area (Å²) in [5, 5.41) is 14.1. The second kappa shape index (κ2) is 8.31. The molecule has 0 aliphatic carbocycles. The molecule has 3 aromatic carbocycles. The molecule has 5 aromatic rings. The molecule has 156 valence electrons. The van der Waals surface area contributed by atoms with E-state index in [4.69, 9.17) is 0 Å². The molecule has 0 unspecified atom stereocenters. The molecule has 0 atom stereocenters. The fourth-order valence-corrected chi connectivity index (χ4v) is 3.52. The number of fused-ring (bicyclic) bond motifs is 1. The molecule has 0 aliphatic heterocycles. The first-order valence-electron chi connectivity index (χ1n) is 10.2. The fourth-order valence-electron chi connectivity index (χ4n) is 3.52. The number of hydrogen-bond donors (Lipinski definition) is 3. The minimum Gasteiger partial charge on any atom is -0.356 e. The van der Waals surface area contributed by atoms with E-state index < -0.39 is 0 Å². The van der Waals surface area contributed by atoms with Crippen LogP contribution in [0.15, 0.2) is 85.1 Å². The highest BCUT2D eigenvalue weighted by molar-refractivity contribution is 5.97. The monoisotopic (exact) mass is 420 g/mol. The van der Waals surface area contributed by atoms with Crippen LogP contribution in [0, 0.1) is 0 Å². The zero-order valence-corrected chi connectivity index (χ0v) is 17.3. The first-order valence-corrected chi connectivity index (χ1v) is 10.2. The molecular formula is C25H20N6O. The van der Waals surface area contributed by atoms with Gasteiger partial charge in [0.25, 0.3) is 5.91 Å². The summed E-state index contributed by atoms with van der Waals surface area (Å²) in [5.74, 6) is 0.621. The maximum Gasteiger partial charge on any atom is 0.251 e. The van der Waals surface area contributed by atoms with E-state index >= 15 is 0 Å². The predicted molar refractivity (Wildman–Crippen MR) is 126 cm³/mol. The number of imidazole rings is 1. The van der Waals surface area contributed by atoms with Crippen LogP contribution < -0.4 is 10.6 Å². The summed E-state index contributed by atoms with van der Waals surface area (Å²) < 4.78 is 0. The van der Waals surface area contributed by atoms with Gasteiger partial charge in [0.05, 0.1) is 16.7 Å². The van der Waals surface area contributed by atoms with E-state index in [9.17, 15) is 4.79 Å². The fraction of sp³-hybridized carbons (Fsp3) is 0.0400. The molecule has 1 amide bonds. The van der Waals surface area contributed by atoms with Gasteiger partial charge in [-0.3, -0.25) is 4.79 Å². The van der Waals surface area contributed by atoms with Crippen LogP contribution in [0.4, 0.5) is 11.4 Å². The first-order chi connectivity index (χ1) is 15.7. The normalized spacial score (nSPS) is 10.8. The van der Waals surface area contributed by atoms with Crippen LogP contribution in [0.5, 0.6) is 0 Å². The van der Waals surface area contributed by atoms with Crippen molar-refractivity contribution in [2.24, 2.45) is 0 Å². The lowest BCUT2D eigenvalue weighted by atomic mass is 10.1. The molecule has 3 N–H and O–H groups in total. The van der Waals surface area contributed by atoms with Crippen LogP contribution in [0.1, 0.15) is 10.4 Å². The standard InChI is InChI=1S/C25H20N6O/c1-26-25(32)18-9-12-22-23(15-18)30-24(29-22)17-4-2-5-20(14-17)28-19-10-7-16(8-11-19)21-6-3-13-27-31-21/h2-15,28H,1H3,(H,26,32)(H,29,30). The summed E-state index contributed by atoms with van der Waals surface area (Å²) in [4.78, 5) is 19.9. The van der Waals surface area contributed by atoms with Gasteiger partial charge in [-0.25, -0.2) is 4.98 Å². The number of aromatic nitrogens is 4. The van der Waals surface area contributed by atoms with Crippen molar-refractivity contribution in [3.05, 3.63) is 90.6 Å². The summed E-state index contributed by atoms with van der Waals surface area (Å²) in [6.07, 6.45) is 1.66. The molecule has 0 saturated carbocycles. The van der Waals surface area contributed by atoms with Crippen molar-refractivity contribution in [2.45, 2.75) is 0 Å². The number of amides is 1. The van der Waals surface area contributed by atoms with Crippen LogP contribution in [-0.4, -0.2) is 33.1 Å². The number of hydrogen-bond acceptors (Lipinski definition) is 5. The molecule has 7 nitrogen and oxygen atoms in total. The van der Waals surface area contributed by atoms with Crippen molar-refractivity contribution in [1.82, 2.24) is 25.5 Å². The van der Waals surface area contributed by atoms with Crippen LogP contribution in [-0.2, 0) is 0 Å². The minimum absolute atomic E-state index is 0.125. The zero-order chi connectivity index (χ0) is 21.9. The summed E-state index contributed by atoms with van der Waals surface area (Å²) in [6, 6.07) is 25.3. The van der Waals surface area contributed by atoms with E-state index in [2.05, 4.69) is 30.8 Å². The van der Waals surface area contributed by atoms with Gasteiger partial charge in [0.2, 0.25) is 0 Å². The number of nitrogens with one attached hydrogen (secondary N) is 3. The maximum atomic E-state index is 11.9. The Morgan fingerprint density at radius 3 is 2.53 bits per heavy atom. The number of anilines is 2. The number of carbonyl (C=O) groups is 1. The molecule has 0 radical (unpaired) electrons. The number of carbonyl (C=O) groups excluding carboxylic acids is 1. The Labute approximate surface area is 184 Å². The largest absolute Gasteiger partial charge is 0.356 e. The second-order valence-corrected chi connectivity index (χ2v) is 7.29. The Hall–Kier alpha value is -4.52. The van der Waals surface area contributed by atoms with E-state index in [0.29, 0.717) is 5.56 Å². The lowest BCUT2D eigenvalue weighted by Gasteiger charge is -2.08. The van der Waals surface area contributed by atoms with E-state index in [0.717, 1.165) is 45.1 Å². The molecule has 0 fully saturated rings. The van der Waals surface area contributed by atoms with Crippen molar-refractivity contribution < 1.29 is 4.79 Å². The number of aromatic amines is 1. The Bertz CT molecular complexity index is 1390. The molecule has 0 saturated heterocycles. The highest BCUT2D eigenvalue weighted by Gasteiger charge is 2.10. The second-order valence-electron chi connectivity index (χ2n) is 7.29. The van der Waals surface area contributed by atoms with Crippen molar-refractivity contribution in [1.29, 1.82) is 0 Å². The third kappa shape index (κ3) is 3.91. The van der Waals surface area contributed by atoms with Gasteiger partial charge in [-0.05, 0) is 54.6 Å². The van der Waals surface area contributed by atoms with Crippen molar-refractivity contribution in [3.63, 3.8) is 0 Å². The van der Waals surface area contributed by atoms with Crippen molar-refractivity contribution in [2.75, 3.05) is 12.4 Å². The Kier molecular flexibility index (Phi) is 5.05. The average molecular weight is 420 g/mol. The average Bonchev–Trinajstić information content (AvgIpc) is 3.28. The molecular weight excluding hydrogens is 400 g/mol. The van der Waals surface area contributed by atoms with Gasteiger partial charge in [0, 0.05) is 41.3 Å². The van der Waals surface area contributed by atoms with Gasteiger partial charge in [-0.2, -0.15) is 10.2 Å². The summed E-state index contributed by atoms with van der Waals surface area (Å²) in [6.45, 7) is 0. The number of nitrogens with zero attached hydrogens (tertiary/aromatic N) is 3. The van der Waals surface area contributed by atoms with Gasteiger partial charge >= 0.3 is 0 Å². The predicted octanol–water partition coefficient (Wildman–Crippen LogP) is 4.79. The molecule has 0 aliphatic rings. The lowest BCUT2D eigenvalue weighted by Crippen LogP contribution is -2.17. The van der Waals surface area contributed by atoms with E-state index in [1.165, 1.54) is 0 Å². The minimum atomic E-state index is -0.125. The van der Waals surface area contributed by atoms with E-state index in [-0.39, 0.29) is 5.91 Å². The third-order valence-corrected chi connectivity index (χ3v) is 5.15. The van der Waals surface area contributed by atoms with Crippen molar-refractivity contribution in [3.8, 4) is 22.6 Å². The number of rotatable bonds is 5. The molecule has 7 heteroatoms. The van der Waals surface area contributed by atoms with Gasteiger partial charge in [-0.15, -0.1) is 0 Å². The summed E-state index contributed by atoms with van der Waals surface area (Å²) >= 11 is 0. The van der Waals surface area contributed by atoms with Crippen LogP contribution >= 0.6 is 0 Å². The quantitative estimate of drug-likeness (QED) is 0.380. The van der Waals surface area contributed by atoms with Gasteiger partial charge in [0.1, 0.15) is 5.82 Å².